The number of amides is 3. The first kappa shape index (κ1) is 26.6. The Bertz CT molecular complexity index is 1380. The van der Waals surface area contributed by atoms with Gasteiger partial charge in [0.05, 0.1) is 29.1 Å². The molecule has 2 aromatic carbocycles. The van der Waals surface area contributed by atoms with Gasteiger partial charge in [-0.1, -0.05) is 13.0 Å². The Balaban J connectivity index is 1.49. The molecule has 1 aliphatic heterocycles. The number of imidazole rings is 1. The van der Waals surface area contributed by atoms with Crippen LogP contribution in [0.1, 0.15) is 25.6 Å². The normalized spacial score (nSPS) is 14.4. The van der Waals surface area contributed by atoms with Gasteiger partial charge in [-0.25, -0.2) is 18.2 Å². The number of hydrogen-bond donors (Lipinski definition) is 3. The summed E-state index contributed by atoms with van der Waals surface area (Å²) in [5, 5.41) is 8.00. The van der Waals surface area contributed by atoms with Crippen molar-refractivity contribution >= 4 is 44.4 Å². The average molecular weight is 529 g/mol. The molecule has 198 valence electrons. The number of aromatic nitrogens is 2. The van der Waals surface area contributed by atoms with Gasteiger partial charge < -0.3 is 25.3 Å². The van der Waals surface area contributed by atoms with Gasteiger partial charge in [0.2, 0.25) is 15.9 Å². The van der Waals surface area contributed by atoms with Crippen LogP contribution < -0.4 is 16.0 Å². The molecule has 0 atom stereocenters. The lowest BCUT2D eigenvalue weighted by Crippen LogP contribution is -2.40. The number of urea groups is 1. The molecule has 2 heterocycles. The number of ether oxygens (including phenoxy) is 1. The molecule has 3 amide bonds. The standard InChI is InChI=1S/C25H32N6O5S/c1-3-11-31-22-8-7-20(37(34,35)30-12-14-36-15-13-30)17-21(22)29-23(31)9-10-24(32)27-18-5-4-6-19(16-18)28-25(33)26-2/h4-8,16-17H,3,9-15H2,1-2H3,(H,27,32)(H2,26,28,33). The van der Waals surface area contributed by atoms with Gasteiger partial charge in [-0.3, -0.25) is 4.79 Å². The molecule has 37 heavy (non-hydrogen) atoms. The Morgan fingerprint density at radius 1 is 1.05 bits per heavy atom. The van der Waals surface area contributed by atoms with E-state index in [0.29, 0.717) is 56.2 Å². The molecular weight excluding hydrogens is 496 g/mol. The largest absolute Gasteiger partial charge is 0.379 e. The van der Waals surface area contributed by atoms with E-state index < -0.39 is 10.0 Å². The molecule has 0 spiro atoms. The number of rotatable bonds is 9. The lowest BCUT2D eigenvalue weighted by molar-refractivity contribution is -0.116. The first-order valence-electron chi connectivity index (χ1n) is 12.3. The molecule has 0 aliphatic carbocycles. The zero-order valence-electron chi connectivity index (χ0n) is 21.0. The zero-order valence-corrected chi connectivity index (χ0v) is 21.8. The SMILES string of the molecule is CCCn1c(CCC(=O)Nc2cccc(NC(=O)NC)c2)nc2cc(S(=O)(=O)N3CCOCC3)ccc21. The van der Waals surface area contributed by atoms with Gasteiger partial charge in [-0.15, -0.1) is 0 Å². The summed E-state index contributed by atoms with van der Waals surface area (Å²) in [5.41, 5.74) is 2.56. The highest BCUT2D eigenvalue weighted by Gasteiger charge is 2.27. The number of carbonyl (C=O) groups is 2. The summed E-state index contributed by atoms with van der Waals surface area (Å²) in [6.07, 6.45) is 1.45. The first-order valence-corrected chi connectivity index (χ1v) is 13.7. The monoisotopic (exact) mass is 528 g/mol. The number of sulfonamides is 1. The van der Waals surface area contributed by atoms with Gasteiger partial charge in [0.25, 0.3) is 0 Å². The van der Waals surface area contributed by atoms with E-state index in [2.05, 4.69) is 22.9 Å². The number of nitrogens with one attached hydrogen (secondary N) is 3. The second kappa shape index (κ2) is 11.7. The molecule has 0 bridgehead atoms. The van der Waals surface area contributed by atoms with Gasteiger partial charge in [0.1, 0.15) is 5.82 Å². The van der Waals surface area contributed by atoms with Crippen molar-refractivity contribution in [2.45, 2.75) is 37.6 Å². The molecule has 1 aliphatic rings. The number of fused-ring (bicyclic) bond motifs is 1. The third-order valence-corrected chi connectivity index (χ3v) is 7.96. The van der Waals surface area contributed by atoms with Crippen LogP contribution in [0.3, 0.4) is 0 Å². The zero-order chi connectivity index (χ0) is 26.4. The fraction of sp³-hybridized carbons (Fsp3) is 0.400. The minimum Gasteiger partial charge on any atom is -0.379 e. The minimum atomic E-state index is -3.63. The molecular formula is C25H32N6O5S. The van der Waals surface area contributed by atoms with Crippen LogP contribution in [0.15, 0.2) is 47.4 Å². The maximum Gasteiger partial charge on any atom is 0.318 e. The van der Waals surface area contributed by atoms with Crippen molar-refractivity contribution in [3.63, 3.8) is 0 Å². The van der Waals surface area contributed by atoms with Crippen molar-refractivity contribution < 1.29 is 22.7 Å². The summed E-state index contributed by atoms with van der Waals surface area (Å²) in [7, 11) is -2.11. The van der Waals surface area contributed by atoms with Crippen molar-refractivity contribution in [3.05, 3.63) is 48.3 Å². The molecule has 1 saturated heterocycles. The van der Waals surface area contributed by atoms with Crippen LogP contribution in [0.5, 0.6) is 0 Å². The van der Waals surface area contributed by atoms with Crippen LogP contribution in [-0.4, -0.2) is 67.6 Å². The highest BCUT2D eigenvalue weighted by atomic mass is 32.2. The number of benzene rings is 2. The number of anilines is 2. The maximum atomic E-state index is 13.1. The highest BCUT2D eigenvalue weighted by molar-refractivity contribution is 7.89. The van der Waals surface area contributed by atoms with E-state index in [1.54, 1.807) is 42.5 Å². The predicted octanol–water partition coefficient (Wildman–Crippen LogP) is 2.79. The molecule has 1 fully saturated rings. The van der Waals surface area contributed by atoms with E-state index in [9.17, 15) is 18.0 Å². The number of aryl methyl sites for hydroxylation is 2. The molecule has 0 saturated carbocycles. The summed E-state index contributed by atoms with van der Waals surface area (Å²) in [5.74, 6) is 0.533. The van der Waals surface area contributed by atoms with Gasteiger partial charge in [-0.05, 0) is 42.8 Å². The minimum absolute atomic E-state index is 0.192. The van der Waals surface area contributed by atoms with Gasteiger partial charge in [0.15, 0.2) is 0 Å². The van der Waals surface area contributed by atoms with Crippen LogP contribution in [-0.2, 0) is 32.5 Å². The topological polar surface area (TPSA) is 135 Å². The molecule has 11 nitrogen and oxygen atoms in total. The third-order valence-electron chi connectivity index (χ3n) is 6.06. The summed E-state index contributed by atoms with van der Waals surface area (Å²) >= 11 is 0. The van der Waals surface area contributed by atoms with Crippen molar-refractivity contribution in [2.75, 3.05) is 44.0 Å². The van der Waals surface area contributed by atoms with Crippen molar-refractivity contribution in [3.8, 4) is 0 Å². The van der Waals surface area contributed by atoms with E-state index >= 15 is 0 Å². The fourth-order valence-electron chi connectivity index (χ4n) is 4.24. The lowest BCUT2D eigenvalue weighted by Gasteiger charge is -2.26. The van der Waals surface area contributed by atoms with E-state index in [4.69, 9.17) is 9.72 Å². The average Bonchev–Trinajstić information content (AvgIpc) is 3.25. The summed E-state index contributed by atoms with van der Waals surface area (Å²) in [6, 6.07) is 11.6. The van der Waals surface area contributed by atoms with Crippen LogP contribution in [0.2, 0.25) is 0 Å². The van der Waals surface area contributed by atoms with E-state index in [0.717, 1.165) is 17.8 Å². The number of hydrogen-bond acceptors (Lipinski definition) is 6. The Hall–Kier alpha value is -3.48. The Morgan fingerprint density at radius 3 is 2.49 bits per heavy atom. The van der Waals surface area contributed by atoms with Crippen molar-refractivity contribution in [1.82, 2.24) is 19.2 Å². The predicted molar refractivity (Wildman–Crippen MR) is 141 cm³/mol. The smallest absolute Gasteiger partial charge is 0.318 e. The van der Waals surface area contributed by atoms with Crippen LogP contribution in [0.4, 0.5) is 16.2 Å². The Morgan fingerprint density at radius 2 is 1.78 bits per heavy atom. The molecule has 1 aromatic heterocycles. The molecule has 0 unspecified atom stereocenters. The second-order valence-corrected chi connectivity index (χ2v) is 10.6. The third kappa shape index (κ3) is 6.27. The number of carbonyl (C=O) groups excluding carboxylic acids is 2. The first-order chi connectivity index (χ1) is 17.8. The number of nitrogens with zero attached hydrogens (tertiary/aromatic N) is 3. The summed E-state index contributed by atoms with van der Waals surface area (Å²) in [4.78, 5) is 29.1. The molecule has 4 rings (SSSR count). The van der Waals surface area contributed by atoms with E-state index in [-0.39, 0.29) is 23.3 Å². The highest BCUT2D eigenvalue weighted by Crippen LogP contribution is 2.25. The molecule has 12 heteroatoms. The van der Waals surface area contributed by atoms with Crippen molar-refractivity contribution in [1.29, 1.82) is 0 Å². The Kier molecular flexibility index (Phi) is 8.41. The quantitative estimate of drug-likeness (QED) is 0.391. The van der Waals surface area contributed by atoms with Gasteiger partial charge in [0, 0.05) is 50.9 Å². The van der Waals surface area contributed by atoms with Crippen molar-refractivity contribution in [2.24, 2.45) is 0 Å². The number of morpholine rings is 1. The van der Waals surface area contributed by atoms with Crippen LogP contribution >= 0.6 is 0 Å². The lowest BCUT2D eigenvalue weighted by atomic mass is 10.2. The molecule has 3 N–H and O–H groups in total. The Labute approximate surface area is 216 Å². The van der Waals surface area contributed by atoms with Crippen LogP contribution in [0, 0.1) is 0 Å². The van der Waals surface area contributed by atoms with E-state index in [1.165, 1.54) is 11.4 Å². The van der Waals surface area contributed by atoms with Gasteiger partial charge in [-0.2, -0.15) is 4.31 Å². The summed E-state index contributed by atoms with van der Waals surface area (Å²) < 4.78 is 34.9. The summed E-state index contributed by atoms with van der Waals surface area (Å²) in [6.45, 7) is 4.18. The van der Waals surface area contributed by atoms with Gasteiger partial charge >= 0.3 is 6.03 Å². The second-order valence-electron chi connectivity index (χ2n) is 8.68. The molecule has 3 aromatic rings. The fourth-order valence-corrected chi connectivity index (χ4v) is 5.67. The van der Waals surface area contributed by atoms with E-state index in [1.807, 2.05) is 4.57 Å². The molecule has 0 radical (unpaired) electrons. The van der Waals surface area contributed by atoms with Crippen LogP contribution in [0.25, 0.3) is 11.0 Å². The maximum absolute atomic E-state index is 13.1.